The van der Waals surface area contributed by atoms with E-state index in [1.807, 2.05) is 13.0 Å². The Morgan fingerprint density at radius 1 is 1.31 bits per heavy atom. The van der Waals surface area contributed by atoms with Gasteiger partial charge in [0.25, 0.3) is 5.56 Å². The number of aromatic amines is 1. The van der Waals surface area contributed by atoms with E-state index in [4.69, 9.17) is 10.0 Å². The van der Waals surface area contributed by atoms with E-state index in [0.29, 0.717) is 17.4 Å². The van der Waals surface area contributed by atoms with Crippen molar-refractivity contribution in [2.24, 2.45) is 0 Å². The molecule has 0 aliphatic heterocycles. The maximum atomic E-state index is 11.6. The molecule has 0 spiro atoms. The van der Waals surface area contributed by atoms with Gasteiger partial charge in [-0.15, -0.1) is 0 Å². The Bertz CT molecular complexity index is 577. The van der Waals surface area contributed by atoms with E-state index in [-0.39, 0.29) is 5.56 Å². The Morgan fingerprint density at radius 3 is 2.69 bits per heavy atom. The molecule has 0 saturated carbocycles. The predicted molar refractivity (Wildman–Crippen MR) is 63.8 cm³/mol. The number of benzene rings is 1. The van der Waals surface area contributed by atoms with Crippen molar-refractivity contribution in [3.63, 3.8) is 0 Å². The summed E-state index contributed by atoms with van der Waals surface area (Å²) in [7, 11) is -1.52. The van der Waals surface area contributed by atoms with Crippen LogP contribution in [-0.2, 0) is 6.42 Å². The van der Waals surface area contributed by atoms with Crippen LogP contribution in [-0.4, -0.2) is 22.2 Å². The van der Waals surface area contributed by atoms with Gasteiger partial charge in [-0.3, -0.25) is 4.79 Å². The number of nitrogens with one attached hydrogen (secondary N) is 1. The second-order valence-corrected chi connectivity index (χ2v) is 3.70. The predicted octanol–water partition coefficient (Wildman–Crippen LogP) is -0.230. The third-order valence-electron chi connectivity index (χ3n) is 2.63. The van der Waals surface area contributed by atoms with Crippen molar-refractivity contribution in [1.29, 1.82) is 0 Å². The second-order valence-electron chi connectivity index (χ2n) is 3.70. The van der Waals surface area contributed by atoms with E-state index in [1.165, 1.54) is 0 Å². The number of H-pyrrole nitrogens is 1. The molecule has 0 unspecified atom stereocenters. The maximum Gasteiger partial charge on any atom is 0.488 e. The van der Waals surface area contributed by atoms with Crippen LogP contribution in [0.3, 0.4) is 0 Å². The molecule has 3 N–H and O–H groups in total. The van der Waals surface area contributed by atoms with E-state index in [1.54, 1.807) is 18.2 Å². The monoisotopic (exact) mass is 217 g/mol. The van der Waals surface area contributed by atoms with Gasteiger partial charge in [0.2, 0.25) is 0 Å². The van der Waals surface area contributed by atoms with Crippen molar-refractivity contribution in [3.8, 4) is 0 Å². The summed E-state index contributed by atoms with van der Waals surface area (Å²) in [5.41, 5.74) is 1.59. The molecule has 0 radical (unpaired) electrons. The molecule has 5 heteroatoms. The Morgan fingerprint density at radius 2 is 2.06 bits per heavy atom. The number of hydrogen-bond acceptors (Lipinski definition) is 3. The third-order valence-corrected chi connectivity index (χ3v) is 2.63. The first-order valence-electron chi connectivity index (χ1n) is 5.14. The molecule has 82 valence electrons. The zero-order valence-electron chi connectivity index (χ0n) is 8.90. The molecule has 4 nitrogen and oxygen atoms in total. The first-order chi connectivity index (χ1) is 7.61. The van der Waals surface area contributed by atoms with Crippen molar-refractivity contribution in [3.05, 3.63) is 40.2 Å². The van der Waals surface area contributed by atoms with Gasteiger partial charge >= 0.3 is 7.12 Å². The highest BCUT2D eigenvalue weighted by atomic mass is 16.4. The number of pyridine rings is 1. The maximum absolute atomic E-state index is 11.6. The van der Waals surface area contributed by atoms with Crippen LogP contribution in [0.1, 0.15) is 12.5 Å². The molecule has 1 aromatic heterocycles. The Balaban J connectivity index is 2.67. The molecule has 0 saturated heterocycles. The lowest BCUT2D eigenvalue weighted by molar-refractivity contribution is 0.426. The summed E-state index contributed by atoms with van der Waals surface area (Å²) in [6.07, 6.45) is 0.676. The van der Waals surface area contributed by atoms with Gasteiger partial charge in [-0.25, -0.2) is 0 Å². The van der Waals surface area contributed by atoms with E-state index < -0.39 is 7.12 Å². The minimum absolute atomic E-state index is 0.125. The largest absolute Gasteiger partial charge is 0.488 e. The fourth-order valence-corrected chi connectivity index (χ4v) is 1.69. The summed E-state index contributed by atoms with van der Waals surface area (Å²) in [4.78, 5) is 14.3. The highest BCUT2D eigenvalue weighted by Crippen LogP contribution is 2.09. The van der Waals surface area contributed by atoms with Crippen LogP contribution in [0.15, 0.2) is 29.1 Å². The quantitative estimate of drug-likeness (QED) is 0.608. The van der Waals surface area contributed by atoms with Crippen LogP contribution in [0.5, 0.6) is 0 Å². The molecule has 0 atom stereocenters. The van der Waals surface area contributed by atoms with Gasteiger partial charge in [-0.2, -0.15) is 0 Å². The summed E-state index contributed by atoms with van der Waals surface area (Å²) >= 11 is 0. The van der Waals surface area contributed by atoms with Gasteiger partial charge in [0.15, 0.2) is 0 Å². The van der Waals surface area contributed by atoms with Gasteiger partial charge in [0.1, 0.15) is 0 Å². The molecular weight excluding hydrogens is 205 g/mol. The average Bonchev–Trinajstić information content (AvgIpc) is 2.27. The van der Waals surface area contributed by atoms with E-state index >= 15 is 0 Å². The molecule has 0 aliphatic carbocycles. The summed E-state index contributed by atoms with van der Waals surface area (Å²) in [6, 6.07) is 6.78. The third kappa shape index (κ3) is 1.87. The van der Waals surface area contributed by atoms with Crippen molar-refractivity contribution >= 4 is 23.5 Å². The van der Waals surface area contributed by atoms with Gasteiger partial charge in [0, 0.05) is 11.1 Å². The van der Waals surface area contributed by atoms with Crippen molar-refractivity contribution in [1.82, 2.24) is 4.98 Å². The molecular formula is C11H12BNO3. The van der Waals surface area contributed by atoms with Crippen LogP contribution in [0, 0.1) is 0 Å². The number of aryl methyl sites for hydroxylation is 1. The number of fused-ring (bicyclic) bond motifs is 1. The van der Waals surface area contributed by atoms with Gasteiger partial charge in [0.05, 0.1) is 0 Å². The molecule has 0 amide bonds. The summed E-state index contributed by atoms with van der Waals surface area (Å²) in [6.45, 7) is 1.92. The SMILES string of the molecule is CCc1cc2ccc(B(O)O)cc2[nH]c1=O. The zero-order chi connectivity index (χ0) is 11.7. The van der Waals surface area contributed by atoms with E-state index in [2.05, 4.69) is 4.98 Å². The molecule has 16 heavy (non-hydrogen) atoms. The first-order valence-corrected chi connectivity index (χ1v) is 5.14. The Kier molecular flexibility index (Phi) is 2.81. The van der Waals surface area contributed by atoms with E-state index in [0.717, 1.165) is 10.9 Å². The number of rotatable bonds is 2. The number of aromatic nitrogens is 1. The average molecular weight is 217 g/mol. The summed E-state index contributed by atoms with van der Waals surface area (Å²) < 4.78 is 0. The lowest BCUT2D eigenvalue weighted by Crippen LogP contribution is -2.29. The molecule has 0 aliphatic rings. The highest BCUT2D eigenvalue weighted by Gasteiger charge is 2.11. The zero-order valence-corrected chi connectivity index (χ0v) is 8.90. The fourth-order valence-electron chi connectivity index (χ4n) is 1.69. The van der Waals surface area contributed by atoms with Gasteiger partial charge < -0.3 is 15.0 Å². The first kappa shape index (κ1) is 10.9. The van der Waals surface area contributed by atoms with E-state index in [9.17, 15) is 4.79 Å². The normalized spacial score (nSPS) is 10.7. The Hall–Kier alpha value is -1.59. The smallest absolute Gasteiger partial charge is 0.423 e. The van der Waals surface area contributed by atoms with Crippen LogP contribution < -0.4 is 11.0 Å². The van der Waals surface area contributed by atoms with Crippen LogP contribution in [0.25, 0.3) is 10.9 Å². The van der Waals surface area contributed by atoms with Gasteiger partial charge in [-0.1, -0.05) is 19.1 Å². The molecule has 0 bridgehead atoms. The van der Waals surface area contributed by atoms with Crippen molar-refractivity contribution < 1.29 is 10.0 Å². The molecule has 2 aromatic rings. The van der Waals surface area contributed by atoms with Gasteiger partial charge in [-0.05, 0) is 29.4 Å². The summed E-state index contributed by atoms with van der Waals surface area (Å²) in [5, 5.41) is 18.9. The van der Waals surface area contributed by atoms with Crippen LogP contribution in [0.4, 0.5) is 0 Å². The molecule has 0 fully saturated rings. The van der Waals surface area contributed by atoms with Crippen LogP contribution in [0.2, 0.25) is 0 Å². The standard InChI is InChI=1S/C11H12BNO3/c1-2-7-5-8-3-4-9(12(15)16)6-10(8)13-11(7)14/h3-6,15-16H,2H2,1H3,(H,13,14). The molecule has 2 rings (SSSR count). The highest BCUT2D eigenvalue weighted by molar-refractivity contribution is 6.58. The lowest BCUT2D eigenvalue weighted by Gasteiger charge is -2.04. The van der Waals surface area contributed by atoms with Crippen LogP contribution >= 0.6 is 0 Å². The minimum atomic E-state index is -1.52. The summed E-state index contributed by atoms with van der Waals surface area (Å²) in [5.74, 6) is 0. The molecule has 1 heterocycles. The lowest BCUT2D eigenvalue weighted by atomic mass is 9.80. The van der Waals surface area contributed by atoms with Crippen molar-refractivity contribution in [2.75, 3.05) is 0 Å². The van der Waals surface area contributed by atoms with Crippen molar-refractivity contribution in [2.45, 2.75) is 13.3 Å². The molecule has 1 aromatic carbocycles. The minimum Gasteiger partial charge on any atom is -0.423 e. The number of hydrogen-bond donors (Lipinski definition) is 3. The topological polar surface area (TPSA) is 73.3 Å². The second kappa shape index (κ2) is 4.12. The Labute approximate surface area is 92.7 Å². The fraction of sp³-hybridized carbons (Fsp3) is 0.182.